The number of hydrogen-bond acceptors (Lipinski definition) is 4. The Kier molecular flexibility index (Phi) is 4.65. The molecule has 0 saturated carbocycles. The lowest BCUT2D eigenvalue weighted by Gasteiger charge is -2.24. The van der Waals surface area contributed by atoms with Crippen LogP contribution in [-0.2, 0) is 6.42 Å². The first-order valence-electron chi connectivity index (χ1n) is 9.28. The second-order valence-corrected chi connectivity index (χ2v) is 7.04. The van der Waals surface area contributed by atoms with Crippen LogP contribution in [0.5, 0.6) is 0 Å². The SMILES string of the molecule is CC(=O)c1cccc(NC(=O)c2ccc(N3c4ccccc4CC3C)cn2)c1. The normalized spacial score (nSPS) is 15.2. The second-order valence-electron chi connectivity index (χ2n) is 7.04. The van der Waals surface area contributed by atoms with Gasteiger partial charge in [-0.05, 0) is 56.2 Å². The van der Waals surface area contributed by atoms with Crippen molar-refractivity contribution in [3.05, 3.63) is 83.7 Å². The van der Waals surface area contributed by atoms with Gasteiger partial charge in [-0.1, -0.05) is 30.3 Å². The number of ketones is 1. The van der Waals surface area contributed by atoms with Gasteiger partial charge in [-0.15, -0.1) is 0 Å². The van der Waals surface area contributed by atoms with Crippen LogP contribution >= 0.6 is 0 Å². The van der Waals surface area contributed by atoms with Crippen LogP contribution in [0.4, 0.5) is 17.1 Å². The third kappa shape index (κ3) is 3.39. The predicted octanol–water partition coefficient (Wildman–Crippen LogP) is 4.62. The van der Waals surface area contributed by atoms with E-state index in [4.69, 9.17) is 0 Å². The van der Waals surface area contributed by atoms with Crippen LogP contribution in [0, 0.1) is 0 Å². The van der Waals surface area contributed by atoms with Gasteiger partial charge in [0, 0.05) is 23.0 Å². The Bertz CT molecular complexity index is 1040. The Morgan fingerprint density at radius 3 is 2.64 bits per heavy atom. The minimum Gasteiger partial charge on any atom is -0.337 e. The zero-order chi connectivity index (χ0) is 19.7. The molecule has 1 atom stereocenters. The van der Waals surface area contributed by atoms with E-state index < -0.39 is 0 Å². The first kappa shape index (κ1) is 17.9. The molecule has 1 aromatic heterocycles. The van der Waals surface area contributed by atoms with E-state index in [-0.39, 0.29) is 11.7 Å². The molecule has 0 bridgehead atoms. The molecule has 0 radical (unpaired) electrons. The Labute approximate surface area is 164 Å². The topological polar surface area (TPSA) is 62.3 Å². The molecular weight excluding hydrogens is 350 g/mol. The number of aromatic nitrogens is 1. The Morgan fingerprint density at radius 1 is 1.07 bits per heavy atom. The third-order valence-electron chi connectivity index (χ3n) is 4.99. The molecule has 4 rings (SSSR count). The quantitative estimate of drug-likeness (QED) is 0.680. The molecule has 2 aromatic carbocycles. The second kappa shape index (κ2) is 7.27. The van der Waals surface area contributed by atoms with Crippen molar-refractivity contribution in [1.82, 2.24) is 4.98 Å². The van der Waals surface area contributed by atoms with E-state index in [1.54, 1.807) is 36.5 Å². The summed E-state index contributed by atoms with van der Waals surface area (Å²) in [5.74, 6) is -0.347. The highest BCUT2D eigenvalue weighted by atomic mass is 16.2. The number of nitrogens with zero attached hydrogens (tertiary/aromatic N) is 2. The monoisotopic (exact) mass is 371 g/mol. The van der Waals surface area contributed by atoms with E-state index in [1.165, 1.54) is 18.2 Å². The Morgan fingerprint density at radius 2 is 1.89 bits per heavy atom. The molecule has 5 heteroatoms. The van der Waals surface area contributed by atoms with Gasteiger partial charge in [0.05, 0.1) is 11.9 Å². The van der Waals surface area contributed by atoms with Gasteiger partial charge in [0.2, 0.25) is 0 Å². The van der Waals surface area contributed by atoms with Crippen molar-refractivity contribution in [2.45, 2.75) is 26.3 Å². The first-order valence-corrected chi connectivity index (χ1v) is 9.28. The minimum atomic E-state index is -0.304. The van der Waals surface area contributed by atoms with Gasteiger partial charge in [-0.25, -0.2) is 4.98 Å². The van der Waals surface area contributed by atoms with Crippen molar-refractivity contribution in [2.24, 2.45) is 0 Å². The number of carbonyl (C=O) groups excluding carboxylic acids is 2. The number of anilines is 3. The highest BCUT2D eigenvalue weighted by Crippen LogP contribution is 2.37. The average Bonchev–Trinajstić information content (AvgIpc) is 3.04. The van der Waals surface area contributed by atoms with Crippen molar-refractivity contribution in [3.63, 3.8) is 0 Å². The molecule has 0 fully saturated rings. The molecular formula is C23H21N3O2. The maximum atomic E-state index is 12.5. The molecule has 1 amide bonds. The molecule has 2 heterocycles. The van der Waals surface area contributed by atoms with E-state index in [0.29, 0.717) is 23.0 Å². The molecule has 0 spiro atoms. The summed E-state index contributed by atoms with van der Waals surface area (Å²) in [6.45, 7) is 3.68. The highest BCUT2D eigenvalue weighted by molar-refractivity contribution is 6.04. The average molecular weight is 371 g/mol. The lowest BCUT2D eigenvalue weighted by atomic mass is 10.1. The highest BCUT2D eigenvalue weighted by Gasteiger charge is 2.27. The van der Waals surface area contributed by atoms with Crippen LogP contribution in [0.3, 0.4) is 0 Å². The van der Waals surface area contributed by atoms with Gasteiger partial charge in [0.15, 0.2) is 5.78 Å². The summed E-state index contributed by atoms with van der Waals surface area (Å²) < 4.78 is 0. The van der Waals surface area contributed by atoms with Gasteiger partial charge in [-0.3, -0.25) is 9.59 Å². The van der Waals surface area contributed by atoms with Crippen molar-refractivity contribution in [1.29, 1.82) is 0 Å². The maximum absolute atomic E-state index is 12.5. The molecule has 3 aromatic rings. The Balaban J connectivity index is 1.53. The first-order chi connectivity index (χ1) is 13.5. The van der Waals surface area contributed by atoms with E-state index in [0.717, 1.165) is 12.1 Å². The van der Waals surface area contributed by atoms with Gasteiger partial charge in [0.25, 0.3) is 5.91 Å². The fourth-order valence-electron chi connectivity index (χ4n) is 3.63. The summed E-state index contributed by atoms with van der Waals surface area (Å²) in [7, 11) is 0. The summed E-state index contributed by atoms with van der Waals surface area (Å²) in [4.78, 5) is 30.6. The molecule has 140 valence electrons. The van der Waals surface area contributed by atoms with Gasteiger partial charge in [0.1, 0.15) is 5.69 Å². The Hall–Kier alpha value is -3.47. The fraction of sp³-hybridized carbons (Fsp3) is 0.174. The number of Topliss-reactive ketones (excluding diaryl/α,β-unsaturated/α-hetero) is 1. The summed E-state index contributed by atoms with van der Waals surface area (Å²) in [5.41, 5.74) is 4.94. The van der Waals surface area contributed by atoms with Crippen LogP contribution in [0.1, 0.15) is 40.3 Å². The summed E-state index contributed by atoms with van der Waals surface area (Å²) in [5, 5.41) is 2.80. The number of hydrogen-bond donors (Lipinski definition) is 1. The largest absolute Gasteiger partial charge is 0.337 e. The van der Waals surface area contributed by atoms with Gasteiger partial charge in [-0.2, -0.15) is 0 Å². The zero-order valence-corrected chi connectivity index (χ0v) is 15.8. The van der Waals surface area contributed by atoms with Crippen molar-refractivity contribution < 1.29 is 9.59 Å². The molecule has 5 nitrogen and oxygen atoms in total. The number of para-hydroxylation sites is 1. The molecule has 1 aliphatic rings. The zero-order valence-electron chi connectivity index (χ0n) is 15.8. The maximum Gasteiger partial charge on any atom is 0.274 e. The van der Waals surface area contributed by atoms with Crippen LogP contribution in [0.2, 0.25) is 0 Å². The smallest absolute Gasteiger partial charge is 0.274 e. The van der Waals surface area contributed by atoms with Crippen LogP contribution in [0.25, 0.3) is 0 Å². The van der Waals surface area contributed by atoms with Crippen LogP contribution in [-0.4, -0.2) is 22.7 Å². The van der Waals surface area contributed by atoms with Gasteiger partial charge < -0.3 is 10.2 Å². The van der Waals surface area contributed by atoms with Crippen molar-refractivity contribution in [3.8, 4) is 0 Å². The van der Waals surface area contributed by atoms with E-state index in [2.05, 4.69) is 40.3 Å². The number of fused-ring (bicyclic) bond motifs is 1. The predicted molar refractivity (Wildman–Crippen MR) is 110 cm³/mol. The van der Waals surface area contributed by atoms with Crippen LogP contribution < -0.4 is 10.2 Å². The lowest BCUT2D eigenvalue weighted by Crippen LogP contribution is -2.24. The number of rotatable bonds is 4. The summed E-state index contributed by atoms with van der Waals surface area (Å²) in [6.07, 6.45) is 2.73. The number of benzene rings is 2. The third-order valence-corrected chi connectivity index (χ3v) is 4.99. The number of amides is 1. The lowest BCUT2D eigenvalue weighted by molar-refractivity contribution is 0.100. The van der Waals surface area contributed by atoms with E-state index in [1.807, 2.05) is 12.1 Å². The van der Waals surface area contributed by atoms with Crippen molar-refractivity contribution >= 4 is 28.8 Å². The number of nitrogens with one attached hydrogen (secondary N) is 1. The molecule has 1 N–H and O–H groups in total. The number of carbonyl (C=O) groups is 2. The van der Waals surface area contributed by atoms with Gasteiger partial charge >= 0.3 is 0 Å². The minimum absolute atomic E-state index is 0.0430. The van der Waals surface area contributed by atoms with E-state index >= 15 is 0 Å². The summed E-state index contributed by atoms with van der Waals surface area (Å²) >= 11 is 0. The number of pyridine rings is 1. The van der Waals surface area contributed by atoms with Crippen LogP contribution in [0.15, 0.2) is 66.9 Å². The standard InChI is InChI=1S/C23H21N3O2/c1-15-12-18-6-3-4-9-22(18)26(15)20-10-11-21(24-14-20)23(28)25-19-8-5-7-17(13-19)16(2)27/h3-11,13-15H,12H2,1-2H3,(H,25,28). The van der Waals surface area contributed by atoms with E-state index in [9.17, 15) is 9.59 Å². The van der Waals surface area contributed by atoms with Crippen molar-refractivity contribution in [2.75, 3.05) is 10.2 Å². The molecule has 0 aliphatic carbocycles. The summed E-state index contributed by atoms with van der Waals surface area (Å²) in [6, 6.07) is 19.2. The molecule has 0 saturated heterocycles. The molecule has 1 unspecified atom stereocenters. The molecule has 28 heavy (non-hydrogen) atoms. The molecule has 1 aliphatic heterocycles. The fourth-order valence-corrected chi connectivity index (χ4v) is 3.63.